The van der Waals surface area contributed by atoms with E-state index in [1.807, 2.05) is 13.8 Å². The lowest BCUT2D eigenvalue weighted by Gasteiger charge is -2.12. The van der Waals surface area contributed by atoms with Gasteiger partial charge in [0.2, 0.25) is 0 Å². The molecule has 0 saturated heterocycles. The minimum absolute atomic E-state index is 0.00969. The molecular weight excluding hydrogens is 360 g/mol. The number of nitrogens with zero attached hydrogens (tertiary/aromatic N) is 4. The largest absolute Gasteiger partial charge is 0.393 e. The van der Waals surface area contributed by atoms with Gasteiger partial charge in [-0.1, -0.05) is 26.7 Å². The summed E-state index contributed by atoms with van der Waals surface area (Å²) >= 11 is 0. The maximum atomic E-state index is 13.2. The van der Waals surface area contributed by atoms with Gasteiger partial charge in [-0.15, -0.1) is 0 Å². The van der Waals surface area contributed by atoms with Crippen LogP contribution in [0.2, 0.25) is 0 Å². The lowest BCUT2D eigenvalue weighted by molar-refractivity contribution is -0.117. The van der Waals surface area contributed by atoms with Crippen LogP contribution in [0.1, 0.15) is 65.6 Å². The summed E-state index contributed by atoms with van der Waals surface area (Å²) < 4.78 is 4.58. The van der Waals surface area contributed by atoms with Crippen LogP contribution < -0.4 is 11.2 Å². The Morgan fingerprint density at radius 1 is 1.04 bits per heavy atom. The molecule has 1 N–H and O–H groups in total. The summed E-state index contributed by atoms with van der Waals surface area (Å²) in [6.07, 6.45) is 3.18. The number of aliphatic hydroxyl groups excluding tert-OH is 1. The number of Topliss-reactive ketones (excluding diaryl/α,β-unsaturated/α-hetero) is 1. The number of unbranched alkanes of at least 4 members (excludes halogenated alkanes) is 2. The molecule has 2 aromatic heterocycles. The molecule has 0 spiro atoms. The first kappa shape index (κ1) is 22.1. The van der Waals surface area contributed by atoms with Gasteiger partial charge in [-0.05, 0) is 26.7 Å². The highest BCUT2D eigenvalue weighted by molar-refractivity contribution is 5.76. The Kier molecular flexibility index (Phi) is 7.74. The van der Waals surface area contributed by atoms with Crippen molar-refractivity contribution in [3.63, 3.8) is 0 Å². The molecule has 2 rings (SSSR count). The molecule has 0 amide bonds. The molecule has 1 atom stereocenters. The molecule has 1 unspecified atom stereocenters. The van der Waals surface area contributed by atoms with Gasteiger partial charge in [-0.2, -0.15) is 0 Å². The molecule has 0 bridgehead atoms. The average Bonchev–Trinajstić information content (AvgIpc) is 2.97. The summed E-state index contributed by atoms with van der Waals surface area (Å²) in [5.41, 5.74) is 0.00687. The Labute approximate surface area is 164 Å². The minimum atomic E-state index is -0.647. The third-order valence-electron chi connectivity index (χ3n) is 4.83. The zero-order chi connectivity index (χ0) is 20.8. The Morgan fingerprint density at radius 3 is 2.18 bits per heavy atom. The predicted molar refractivity (Wildman–Crippen MR) is 109 cm³/mol. The van der Waals surface area contributed by atoms with Crippen LogP contribution in [0.25, 0.3) is 11.2 Å². The highest BCUT2D eigenvalue weighted by Gasteiger charge is 2.22. The fourth-order valence-electron chi connectivity index (χ4n) is 3.30. The van der Waals surface area contributed by atoms with E-state index in [4.69, 9.17) is 0 Å². The van der Waals surface area contributed by atoms with Crippen LogP contribution >= 0.6 is 0 Å². The van der Waals surface area contributed by atoms with Gasteiger partial charge in [0.25, 0.3) is 5.56 Å². The van der Waals surface area contributed by atoms with E-state index in [2.05, 4.69) is 4.98 Å². The molecule has 2 aromatic rings. The van der Waals surface area contributed by atoms with E-state index in [0.29, 0.717) is 36.6 Å². The van der Waals surface area contributed by atoms with Gasteiger partial charge in [0, 0.05) is 32.5 Å². The second kappa shape index (κ2) is 9.82. The lowest BCUT2D eigenvalue weighted by Crippen LogP contribution is -2.40. The van der Waals surface area contributed by atoms with Crippen molar-refractivity contribution in [1.29, 1.82) is 0 Å². The molecule has 0 aliphatic heterocycles. The van der Waals surface area contributed by atoms with Crippen LogP contribution in [-0.2, 0) is 30.8 Å². The van der Waals surface area contributed by atoms with Crippen LogP contribution in [0, 0.1) is 0 Å². The fourth-order valence-corrected chi connectivity index (χ4v) is 3.30. The minimum Gasteiger partial charge on any atom is -0.393 e. The zero-order valence-electron chi connectivity index (χ0n) is 17.4. The van der Waals surface area contributed by atoms with E-state index in [0.717, 1.165) is 25.7 Å². The standard InChI is InChI=1S/C20H32N4O4/c1-5-7-10-23-18-17(19(27)24(20(23)28)11-8-6-2)22(12-9-14(3)25)16(21-18)13-15(4)26/h15,26H,5-13H2,1-4H3. The topological polar surface area (TPSA) is 99.1 Å². The van der Waals surface area contributed by atoms with Crippen LogP contribution in [0.3, 0.4) is 0 Å². The van der Waals surface area contributed by atoms with Gasteiger partial charge in [-0.3, -0.25) is 18.7 Å². The highest BCUT2D eigenvalue weighted by atomic mass is 16.3. The molecule has 0 saturated carbocycles. The number of rotatable bonds is 11. The third-order valence-corrected chi connectivity index (χ3v) is 4.83. The number of fused-ring (bicyclic) bond motifs is 1. The fraction of sp³-hybridized carbons (Fsp3) is 0.700. The van der Waals surface area contributed by atoms with Crippen molar-refractivity contribution >= 4 is 16.9 Å². The quantitative estimate of drug-likeness (QED) is 0.629. The van der Waals surface area contributed by atoms with Gasteiger partial charge in [0.15, 0.2) is 11.2 Å². The molecule has 8 heteroatoms. The number of aliphatic hydroxyl groups is 1. The van der Waals surface area contributed by atoms with Crippen LogP contribution in [0.15, 0.2) is 9.59 Å². The average molecular weight is 393 g/mol. The molecule has 8 nitrogen and oxygen atoms in total. The summed E-state index contributed by atoms with van der Waals surface area (Å²) in [7, 11) is 0. The molecule has 0 aliphatic carbocycles. The molecule has 0 aromatic carbocycles. The van der Waals surface area contributed by atoms with Crippen LogP contribution in [0.5, 0.6) is 0 Å². The Bertz CT molecular complexity index is 936. The smallest absolute Gasteiger partial charge is 0.332 e. The number of carbonyl (C=O) groups excluding carboxylic acids is 1. The van der Waals surface area contributed by atoms with Crippen LogP contribution in [-0.4, -0.2) is 35.7 Å². The summed E-state index contributed by atoms with van der Waals surface area (Å²) in [4.78, 5) is 42.3. The number of aromatic nitrogens is 4. The van der Waals surface area contributed by atoms with E-state index in [-0.39, 0.29) is 29.9 Å². The van der Waals surface area contributed by atoms with Crippen molar-refractivity contribution in [3.05, 3.63) is 26.7 Å². The Hall–Kier alpha value is -2.22. The number of hydrogen-bond donors (Lipinski definition) is 1. The van der Waals surface area contributed by atoms with Crippen molar-refractivity contribution in [2.75, 3.05) is 0 Å². The van der Waals surface area contributed by atoms with Crippen LogP contribution in [0.4, 0.5) is 0 Å². The van der Waals surface area contributed by atoms with Crippen molar-refractivity contribution in [3.8, 4) is 0 Å². The molecule has 0 radical (unpaired) electrons. The van der Waals surface area contributed by atoms with Crippen molar-refractivity contribution in [2.24, 2.45) is 0 Å². The second-order valence-electron chi connectivity index (χ2n) is 7.46. The Morgan fingerprint density at radius 2 is 1.64 bits per heavy atom. The van der Waals surface area contributed by atoms with Gasteiger partial charge in [0.1, 0.15) is 11.6 Å². The van der Waals surface area contributed by atoms with E-state index in [1.54, 1.807) is 16.1 Å². The molecule has 156 valence electrons. The number of aryl methyl sites for hydroxylation is 2. The molecule has 28 heavy (non-hydrogen) atoms. The Balaban J connectivity index is 2.79. The molecule has 2 heterocycles. The van der Waals surface area contributed by atoms with E-state index in [9.17, 15) is 19.5 Å². The molecule has 0 fully saturated rings. The second-order valence-corrected chi connectivity index (χ2v) is 7.46. The first-order valence-corrected chi connectivity index (χ1v) is 10.2. The number of hydrogen-bond acceptors (Lipinski definition) is 5. The van der Waals surface area contributed by atoms with Gasteiger partial charge >= 0.3 is 5.69 Å². The SMILES string of the molecule is CCCCn1c(=O)c2c(nc(CC(C)O)n2CCC(C)=O)n(CCCC)c1=O. The summed E-state index contributed by atoms with van der Waals surface area (Å²) in [5.74, 6) is 0.539. The van der Waals surface area contributed by atoms with Gasteiger partial charge in [-0.25, -0.2) is 9.78 Å². The normalized spacial score (nSPS) is 12.6. The maximum absolute atomic E-state index is 13.2. The summed E-state index contributed by atoms with van der Waals surface area (Å²) in [5, 5.41) is 9.87. The van der Waals surface area contributed by atoms with E-state index in [1.165, 1.54) is 11.5 Å². The summed E-state index contributed by atoms with van der Waals surface area (Å²) in [6, 6.07) is 0. The lowest BCUT2D eigenvalue weighted by atomic mass is 10.2. The van der Waals surface area contributed by atoms with Crippen molar-refractivity contribution in [1.82, 2.24) is 18.7 Å². The van der Waals surface area contributed by atoms with Gasteiger partial charge < -0.3 is 9.67 Å². The van der Waals surface area contributed by atoms with Crippen molar-refractivity contribution < 1.29 is 9.90 Å². The monoisotopic (exact) mass is 392 g/mol. The first-order valence-electron chi connectivity index (χ1n) is 10.2. The first-order chi connectivity index (χ1) is 13.3. The maximum Gasteiger partial charge on any atom is 0.332 e. The third kappa shape index (κ3) is 4.79. The summed E-state index contributed by atoms with van der Waals surface area (Å²) in [6.45, 7) is 8.36. The zero-order valence-corrected chi connectivity index (χ0v) is 17.4. The van der Waals surface area contributed by atoms with E-state index < -0.39 is 6.10 Å². The predicted octanol–water partition coefficient (Wildman–Crippen LogP) is 1.86. The number of ketones is 1. The van der Waals surface area contributed by atoms with E-state index >= 15 is 0 Å². The van der Waals surface area contributed by atoms with Gasteiger partial charge in [0.05, 0.1) is 6.10 Å². The number of carbonyl (C=O) groups is 1. The van der Waals surface area contributed by atoms with Crippen molar-refractivity contribution in [2.45, 2.75) is 92.0 Å². The highest BCUT2D eigenvalue weighted by Crippen LogP contribution is 2.15. The molecule has 0 aliphatic rings. The molecular formula is C20H32N4O4. The number of imidazole rings is 1.